The summed E-state index contributed by atoms with van der Waals surface area (Å²) in [4.78, 5) is 27.0. The number of aryl methyl sites for hydroxylation is 1. The molecule has 0 fully saturated rings. The molecular weight excluding hydrogens is 262 g/mol. The fourth-order valence-corrected chi connectivity index (χ4v) is 1.78. The molecule has 1 N–H and O–H groups in total. The summed E-state index contributed by atoms with van der Waals surface area (Å²) in [7, 11) is 1.58. The molecule has 0 amide bonds. The number of nitrogens with zero attached hydrogens (tertiary/aromatic N) is 1. The van der Waals surface area contributed by atoms with Crippen LogP contribution in [0.15, 0.2) is 18.2 Å². The summed E-state index contributed by atoms with van der Waals surface area (Å²) in [6.45, 7) is 4.22. The van der Waals surface area contributed by atoms with E-state index in [1.165, 1.54) is 5.06 Å². The first-order chi connectivity index (χ1) is 9.51. The van der Waals surface area contributed by atoms with E-state index in [2.05, 4.69) is 0 Å². The third-order valence-electron chi connectivity index (χ3n) is 2.73. The highest BCUT2D eigenvalue weighted by molar-refractivity contribution is 5.90. The second-order valence-electron chi connectivity index (χ2n) is 4.08. The maximum absolute atomic E-state index is 11.4. The van der Waals surface area contributed by atoms with Crippen LogP contribution in [0.3, 0.4) is 0 Å². The molecule has 1 aromatic rings. The van der Waals surface area contributed by atoms with Crippen molar-refractivity contribution in [1.82, 2.24) is 0 Å². The van der Waals surface area contributed by atoms with E-state index in [0.717, 1.165) is 23.4 Å². The molecule has 0 saturated heterocycles. The maximum Gasteiger partial charge on any atom is 0.343 e. The van der Waals surface area contributed by atoms with Gasteiger partial charge in [0.2, 0.25) is 0 Å². The first-order valence-electron chi connectivity index (χ1n) is 6.38. The van der Waals surface area contributed by atoms with Gasteiger partial charge in [0.15, 0.2) is 0 Å². The predicted molar refractivity (Wildman–Crippen MR) is 73.7 cm³/mol. The number of methoxy groups -OCH3 is 1. The fourth-order valence-electron chi connectivity index (χ4n) is 1.78. The third kappa shape index (κ3) is 4.15. The Morgan fingerprint density at radius 1 is 1.30 bits per heavy atom. The van der Waals surface area contributed by atoms with Crippen molar-refractivity contribution in [3.05, 3.63) is 23.8 Å². The van der Waals surface area contributed by atoms with Crippen LogP contribution in [0.2, 0.25) is 0 Å². The number of carbonyl (C=O) groups is 2. The highest BCUT2D eigenvalue weighted by Gasteiger charge is 2.17. The summed E-state index contributed by atoms with van der Waals surface area (Å²) >= 11 is 0. The summed E-state index contributed by atoms with van der Waals surface area (Å²) in [5.41, 5.74) is 1.68. The molecule has 20 heavy (non-hydrogen) atoms. The number of aliphatic carboxylic acids is 1. The number of carboxylic acids is 1. The summed E-state index contributed by atoms with van der Waals surface area (Å²) in [6, 6.07) is 5.42. The summed E-state index contributed by atoms with van der Waals surface area (Å²) in [6.07, 6.45) is 0.0770. The van der Waals surface area contributed by atoms with Crippen LogP contribution in [0, 0.1) is 0 Å². The Balaban J connectivity index is 2.94. The van der Waals surface area contributed by atoms with Gasteiger partial charge in [-0.3, -0.25) is 4.79 Å². The molecule has 1 rings (SSSR count). The van der Waals surface area contributed by atoms with Crippen LogP contribution in [0.1, 0.15) is 25.8 Å². The average molecular weight is 281 g/mol. The van der Waals surface area contributed by atoms with Crippen molar-refractivity contribution >= 4 is 17.6 Å². The monoisotopic (exact) mass is 281 g/mol. The number of hydrogen-bond acceptors (Lipinski definition) is 5. The molecule has 6 heteroatoms. The first kappa shape index (κ1) is 15.8. The number of carbonyl (C=O) groups excluding carboxylic acids is 1. The predicted octanol–water partition coefficient (Wildman–Crippen LogP) is 2.02. The van der Waals surface area contributed by atoms with Gasteiger partial charge in [0.25, 0.3) is 0 Å². The summed E-state index contributed by atoms with van der Waals surface area (Å²) < 4.78 is 5.15. The quantitative estimate of drug-likeness (QED) is 0.608. The Hall–Kier alpha value is -2.24. The van der Waals surface area contributed by atoms with Crippen LogP contribution < -0.4 is 9.80 Å². The molecule has 0 aliphatic rings. The van der Waals surface area contributed by atoms with Gasteiger partial charge >= 0.3 is 11.9 Å². The van der Waals surface area contributed by atoms with Crippen LogP contribution in [-0.2, 0) is 20.8 Å². The van der Waals surface area contributed by atoms with Crippen molar-refractivity contribution in [2.45, 2.75) is 26.7 Å². The van der Waals surface area contributed by atoms with E-state index in [1.54, 1.807) is 19.2 Å². The molecule has 1 aromatic carbocycles. The minimum atomic E-state index is -1.21. The highest BCUT2D eigenvalue weighted by atomic mass is 16.7. The first-order valence-corrected chi connectivity index (χ1v) is 6.38. The largest absolute Gasteiger partial charge is 0.497 e. The Labute approximate surface area is 117 Å². The van der Waals surface area contributed by atoms with Gasteiger partial charge in [-0.15, -0.1) is 0 Å². The highest BCUT2D eigenvalue weighted by Crippen LogP contribution is 2.26. The van der Waals surface area contributed by atoms with E-state index in [9.17, 15) is 9.59 Å². The molecule has 0 unspecified atom stereocenters. The number of ether oxygens (including phenoxy) is 1. The molecule has 110 valence electrons. The molecule has 0 aliphatic heterocycles. The lowest BCUT2D eigenvalue weighted by atomic mass is 10.1. The van der Waals surface area contributed by atoms with E-state index >= 15 is 0 Å². The van der Waals surface area contributed by atoms with Crippen LogP contribution in [-0.4, -0.2) is 30.7 Å². The molecule has 0 atom stereocenters. The van der Waals surface area contributed by atoms with Crippen LogP contribution in [0.4, 0.5) is 5.69 Å². The van der Waals surface area contributed by atoms with Gasteiger partial charge in [-0.2, -0.15) is 0 Å². The minimum Gasteiger partial charge on any atom is -0.497 e. The van der Waals surface area contributed by atoms with E-state index in [0.29, 0.717) is 6.54 Å². The van der Waals surface area contributed by atoms with Gasteiger partial charge in [0.05, 0.1) is 19.3 Å². The standard InChI is InChI=1S/C14H19NO5/c1-4-10-8-11(19-3)6-7-12(10)15(5-2)20-14(18)9-13(16)17/h6-8H,4-5,9H2,1-3H3,(H,16,17). The Bertz CT molecular complexity index is 486. The van der Waals surface area contributed by atoms with Gasteiger partial charge in [-0.05, 0) is 37.1 Å². The zero-order chi connectivity index (χ0) is 15.1. The molecule has 6 nitrogen and oxygen atoms in total. The van der Waals surface area contributed by atoms with Crippen LogP contribution in [0.25, 0.3) is 0 Å². The van der Waals surface area contributed by atoms with Crippen molar-refractivity contribution in [1.29, 1.82) is 0 Å². The van der Waals surface area contributed by atoms with E-state index in [1.807, 2.05) is 19.9 Å². The lowest BCUT2D eigenvalue weighted by Gasteiger charge is -2.24. The maximum atomic E-state index is 11.4. The van der Waals surface area contributed by atoms with E-state index < -0.39 is 18.4 Å². The Kier molecular flexibility index (Phi) is 5.83. The minimum absolute atomic E-state index is 0.421. The van der Waals surface area contributed by atoms with Crippen molar-refractivity contribution in [2.75, 3.05) is 18.7 Å². The molecule has 0 aliphatic carbocycles. The molecule has 0 bridgehead atoms. The lowest BCUT2D eigenvalue weighted by Crippen LogP contribution is -2.28. The summed E-state index contributed by atoms with van der Waals surface area (Å²) in [5.74, 6) is -1.28. The number of hydrogen-bond donors (Lipinski definition) is 1. The van der Waals surface area contributed by atoms with Crippen molar-refractivity contribution in [3.63, 3.8) is 0 Å². The number of benzene rings is 1. The average Bonchev–Trinajstić information content (AvgIpc) is 2.43. The SMILES string of the molecule is CCc1cc(OC)ccc1N(CC)OC(=O)CC(=O)O. The Morgan fingerprint density at radius 2 is 2.00 bits per heavy atom. The molecule has 0 saturated carbocycles. The van der Waals surface area contributed by atoms with Gasteiger partial charge in [0, 0.05) is 0 Å². The molecule has 0 heterocycles. The molecule has 0 aromatic heterocycles. The lowest BCUT2D eigenvalue weighted by molar-refractivity contribution is -0.152. The number of anilines is 1. The number of carboxylic acid groups (broad SMARTS) is 1. The second kappa shape index (κ2) is 7.37. The van der Waals surface area contributed by atoms with Crippen molar-refractivity contribution in [3.8, 4) is 5.75 Å². The van der Waals surface area contributed by atoms with Gasteiger partial charge in [-0.25, -0.2) is 9.86 Å². The number of rotatable bonds is 7. The second-order valence-corrected chi connectivity index (χ2v) is 4.08. The summed E-state index contributed by atoms with van der Waals surface area (Å²) in [5, 5.41) is 9.97. The van der Waals surface area contributed by atoms with E-state index in [-0.39, 0.29) is 0 Å². The van der Waals surface area contributed by atoms with Gasteiger partial charge in [0.1, 0.15) is 12.2 Å². The van der Waals surface area contributed by atoms with Crippen molar-refractivity contribution < 1.29 is 24.3 Å². The topological polar surface area (TPSA) is 76.1 Å². The number of hydroxylamine groups is 1. The van der Waals surface area contributed by atoms with Crippen LogP contribution >= 0.6 is 0 Å². The zero-order valence-corrected chi connectivity index (χ0v) is 11.9. The Morgan fingerprint density at radius 3 is 2.50 bits per heavy atom. The van der Waals surface area contributed by atoms with Gasteiger partial charge in [-0.1, -0.05) is 6.92 Å². The van der Waals surface area contributed by atoms with Gasteiger partial charge < -0.3 is 14.7 Å². The third-order valence-corrected chi connectivity index (χ3v) is 2.73. The van der Waals surface area contributed by atoms with Crippen molar-refractivity contribution in [2.24, 2.45) is 0 Å². The fraction of sp³-hybridized carbons (Fsp3) is 0.429. The van der Waals surface area contributed by atoms with E-state index in [4.69, 9.17) is 14.7 Å². The smallest absolute Gasteiger partial charge is 0.343 e. The molecular formula is C14H19NO5. The van der Waals surface area contributed by atoms with Crippen LogP contribution in [0.5, 0.6) is 5.75 Å². The zero-order valence-electron chi connectivity index (χ0n) is 11.9. The normalized spacial score (nSPS) is 9.95. The molecule has 0 spiro atoms. The molecule has 0 radical (unpaired) electrons.